The normalized spacial score (nSPS) is 14.6. The van der Waals surface area contributed by atoms with Crippen LogP contribution in [0.25, 0.3) is 0 Å². The van der Waals surface area contributed by atoms with Crippen LogP contribution in [0.4, 0.5) is 5.69 Å². The average Bonchev–Trinajstić information content (AvgIpc) is 3.25. The van der Waals surface area contributed by atoms with Gasteiger partial charge in [-0.15, -0.1) is 0 Å². The maximum atomic E-state index is 12.5. The number of esters is 1. The average molecular weight is 437 g/mol. The number of nitrogens with zero attached hydrogens (tertiary/aromatic N) is 1. The van der Waals surface area contributed by atoms with Gasteiger partial charge in [0, 0.05) is 18.7 Å². The Labute approximate surface area is 174 Å². The minimum absolute atomic E-state index is 0.0953. The van der Waals surface area contributed by atoms with E-state index in [0.29, 0.717) is 24.2 Å². The highest BCUT2D eigenvalue weighted by molar-refractivity contribution is 7.88. The van der Waals surface area contributed by atoms with E-state index < -0.39 is 21.9 Å². The molecule has 1 aliphatic rings. The van der Waals surface area contributed by atoms with Gasteiger partial charge in [-0.3, -0.25) is 4.79 Å². The molecule has 1 N–H and O–H groups in total. The van der Waals surface area contributed by atoms with Crippen molar-refractivity contribution in [3.8, 4) is 0 Å². The van der Waals surface area contributed by atoms with Gasteiger partial charge in [-0.1, -0.05) is 23.7 Å². The van der Waals surface area contributed by atoms with Gasteiger partial charge in [0.25, 0.3) is 5.91 Å². The summed E-state index contributed by atoms with van der Waals surface area (Å²) in [6.07, 6.45) is 1.77. The molecule has 0 spiro atoms. The fourth-order valence-corrected chi connectivity index (χ4v) is 4.86. The third-order valence-electron chi connectivity index (χ3n) is 4.66. The van der Waals surface area contributed by atoms with E-state index in [-0.39, 0.29) is 22.0 Å². The van der Waals surface area contributed by atoms with E-state index in [2.05, 4.69) is 10.1 Å². The van der Waals surface area contributed by atoms with Crippen molar-refractivity contribution in [2.45, 2.75) is 18.6 Å². The van der Waals surface area contributed by atoms with Crippen LogP contribution in [-0.2, 0) is 20.5 Å². The molecular weight excluding hydrogens is 416 g/mol. The van der Waals surface area contributed by atoms with E-state index in [0.717, 1.165) is 12.8 Å². The number of halogens is 1. The summed E-state index contributed by atoms with van der Waals surface area (Å²) in [7, 11) is -2.08. The lowest BCUT2D eigenvalue weighted by Crippen LogP contribution is -2.29. The Morgan fingerprint density at radius 3 is 2.31 bits per heavy atom. The Morgan fingerprint density at radius 2 is 1.69 bits per heavy atom. The molecule has 1 amide bonds. The monoisotopic (exact) mass is 436 g/mol. The fraction of sp³-hybridized carbons (Fsp3) is 0.300. The molecule has 154 valence electrons. The van der Waals surface area contributed by atoms with Gasteiger partial charge < -0.3 is 10.1 Å². The van der Waals surface area contributed by atoms with Gasteiger partial charge in [0.2, 0.25) is 10.0 Å². The van der Waals surface area contributed by atoms with Gasteiger partial charge in [-0.2, -0.15) is 0 Å². The van der Waals surface area contributed by atoms with Crippen LogP contribution < -0.4 is 5.32 Å². The number of carbonyl (C=O) groups is 2. The van der Waals surface area contributed by atoms with Crippen LogP contribution in [0.2, 0.25) is 5.02 Å². The van der Waals surface area contributed by atoms with Gasteiger partial charge in [-0.05, 0) is 48.7 Å². The second-order valence-electron chi connectivity index (χ2n) is 6.70. The molecule has 9 heteroatoms. The lowest BCUT2D eigenvalue weighted by Gasteiger charge is -2.15. The summed E-state index contributed by atoms with van der Waals surface area (Å²) in [4.78, 5) is 24.2. The van der Waals surface area contributed by atoms with Gasteiger partial charge in [0.05, 0.1) is 29.1 Å². The number of hydrogen-bond donors (Lipinski definition) is 1. The zero-order valence-corrected chi connectivity index (χ0v) is 17.4. The smallest absolute Gasteiger partial charge is 0.337 e. The van der Waals surface area contributed by atoms with Crippen LogP contribution in [0.15, 0.2) is 42.5 Å². The highest BCUT2D eigenvalue weighted by Crippen LogP contribution is 2.24. The Kier molecular flexibility index (Phi) is 6.56. The molecule has 7 nitrogen and oxygen atoms in total. The Hall–Kier alpha value is -2.42. The standard InChI is InChI=1S/C20H21ClN2O5S/c1-28-20(25)16-8-9-17(21)18(12-16)22-19(24)15-6-4-14(5-7-15)13-29(26,27)23-10-2-3-11-23/h4-9,12H,2-3,10-11,13H2,1H3,(H,22,24). The highest BCUT2D eigenvalue weighted by Gasteiger charge is 2.25. The zero-order chi connectivity index (χ0) is 21.0. The topological polar surface area (TPSA) is 92.8 Å². The lowest BCUT2D eigenvalue weighted by atomic mass is 10.1. The molecule has 2 aromatic rings. The third-order valence-corrected chi connectivity index (χ3v) is 6.84. The minimum atomic E-state index is -3.34. The first-order valence-corrected chi connectivity index (χ1v) is 11.0. The SMILES string of the molecule is COC(=O)c1ccc(Cl)c(NC(=O)c2ccc(CS(=O)(=O)N3CCCC3)cc2)c1. The van der Waals surface area contributed by atoms with Gasteiger partial charge in [0.15, 0.2) is 0 Å². The van der Waals surface area contributed by atoms with Crippen molar-refractivity contribution in [2.75, 3.05) is 25.5 Å². The summed E-state index contributed by atoms with van der Waals surface area (Å²) in [6, 6.07) is 10.8. The van der Waals surface area contributed by atoms with Crippen LogP contribution in [0.1, 0.15) is 39.1 Å². The van der Waals surface area contributed by atoms with E-state index in [4.69, 9.17) is 11.6 Å². The molecule has 0 radical (unpaired) electrons. The van der Waals surface area contributed by atoms with Crippen molar-refractivity contribution in [1.29, 1.82) is 0 Å². The highest BCUT2D eigenvalue weighted by atomic mass is 35.5. The second-order valence-corrected chi connectivity index (χ2v) is 9.08. The Morgan fingerprint density at radius 1 is 1.07 bits per heavy atom. The first-order valence-electron chi connectivity index (χ1n) is 9.06. The van der Waals surface area contributed by atoms with Crippen LogP contribution in [0.5, 0.6) is 0 Å². The first kappa shape index (κ1) is 21.3. The molecule has 0 saturated carbocycles. The summed E-state index contributed by atoms with van der Waals surface area (Å²) >= 11 is 6.10. The van der Waals surface area contributed by atoms with Crippen molar-refractivity contribution < 1.29 is 22.7 Å². The molecule has 0 aromatic heterocycles. The molecule has 1 heterocycles. The second kappa shape index (κ2) is 8.94. The summed E-state index contributed by atoms with van der Waals surface area (Å²) in [6.45, 7) is 1.13. The number of anilines is 1. The summed E-state index contributed by atoms with van der Waals surface area (Å²) in [5.41, 5.74) is 1.49. The number of ether oxygens (including phenoxy) is 1. The van der Waals surface area contributed by atoms with Crippen LogP contribution >= 0.6 is 11.6 Å². The Bertz CT molecular complexity index is 1020. The van der Waals surface area contributed by atoms with Crippen molar-refractivity contribution >= 4 is 39.2 Å². The van der Waals surface area contributed by atoms with E-state index in [1.54, 1.807) is 24.3 Å². The maximum absolute atomic E-state index is 12.5. The van der Waals surface area contributed by atoms with Crippen LogP contribution in [0.3, 0.4) is 0 Å². The molecule has 0 aliphatic carbocycles. The van der Waals surface area contributed by atoms with E-state index in [1.807, 2.05) is 0 Å². The quantitative estimate of drug-likeness (QED) is 0.701. The maximum Gasteiger partial charge on any atom is 0.337 e. The zero-order valence-electron chi connectivity index (χ0n) is 15.9. The molecule has 0 unspecified atom stereocenters. The Balaban J connectivity index is 1.70. The summed E-state index contributed by atoms with van der Waals surface area (Å²) < 4.78 is 31.0. The molecule has 2 aromatic carbocycles. The fourth-order valence-electron chi connectivity index (χ4n) is 3.08. The lowest BCUT2D eigenvalue weighted by molar-refractivity contribution is 0.0600. The summed E-state index contributed by atoms with van der Waals surface area (Å²) in [5.74, 6) is -1.06. The predicted molar refractivity (Wildman–Crippen MR) is 111 cm³/mol. The molecule has 1 aliphatic heterocycles. The number of benzene rings is 2. The number of carbonyl (C=O) groups excluding carboxylic acids is 2. The van der Waals surface area contributed by atoms with E-state index in [1.165, 1.54) is 29.6 Å². The van der Waals surface area contributed by atoms with Crippen LogP contribution in [0, 0.1) is 0 Å². The number of rotatable bonds is 6. The van der Waals surface area contributed by atoms with E-state index >= 15 is 0 Å². The molecule has 3 rings (SSSR count). The predicted octanol–water partition coefficient (Wildman–Crippen LogP) is 3.30. The van der Waals surface area contributed by atoms with Crippen molar-refractivity contribution in [3.63, 3.8) is 0 Å². The van der Waals surface area contributed by atoms with Gasteiger partial charge in [0.1, 0.15) is 0 Å². The number of methoxy groups -OCH3 is 1. The largest absolute Gasteiger partial charge is 0.465 e. The molecule has 0 bridgehead atoms. The van der Waals surface area contributed by atoms with Crippen molar-refractivity contribution in [3.05, 3.63) is 64.2 Å². The summed E-state index contributed by atoms with van der Waals surface area (Å²) in [5, 5.41) is 2.93. The molecular formula is C20H21ClN2O5S. The number of hydrogen-bond acceptors (Lipinski definition) is 5. The first-order chi connectivity index (χ1) is 13.8. The number of nitrogens with one attached hydrogen (secondary N) is 1. The number of sulfonamides is 1. The van der Waals surface area contributed by atoms with Crippen LogP contribution in [-0.4, -0.2) is 44.8 Å². The van der Waals surface area contributed by atoms with Gasteiger partial charge in [-0.25, -0.2) is 17.5 Å². The molecule has 29 heavy (non-hydrogen) atoms. The number of amides is 1. The van der Waals surface area contributed by atoms with Gasteiger partial charge >= 0.3 is 5.97 Å². The minimum Gasteiger partial charge on any atom is -0.465 e. The molecule has 1 saturated heterocycles. The molecule has 0 atom stereocenters. The third kappa shape index (κ3) is 5.14. The van der Waals surface area contributed by atoms with Crippen molar-refractivity contribution in [1.82, 2.24) is 4.31 Å². The van der Waals surface area contributed by atoms with Crippen molar-refractivity contribution in [2.24, 2.45) is 0 Å². The molecule has 1 fully saturated rings. The van der Waals surface area contributed by atoms with E-state index in [9.17, 15) is 18.0 Å².